The van der Waals surface area contributed by atoms with Gasteiger partial charge in [0, 0.05) is 55.6 Å². The number of rotatable bonds is 26. The minimum absolute atomic E-state index is 0.0543. The molecule has 0 heterocycles. The molecule has 0 fully saturated rings. The van der Waals surface area contributed by atoms with Crippen LogP contribution in [0.3, 0.4) is 0 Å². The van der Waals surface area contributed by atoms with Crippen LogP contribution in [0, 0.1) is 0 Å². The first-order valence-corrected chi connectivity index (χ1v) is 32.5. The van der Waals surface area contributed by atoms with Crippen molar-refractivity contribution < 1.29 is 61.9 Å². The van der Waals surface area contributed by atoms with Gasteiger partial charge in [0.05, 0.1) is 0 Å². The summed E-state index contributed by atoms with van der Waals surface area (Å²) in [6.07, 6.45) is 0. The molecule has 102 heavy (non-hydrogen) atoms. The highest BCUT2D eigenvalue weighted by Crippen LogP contribution is 2.34. The van der Waals surface area contributed by atoms with Crippen LogP contribution in [-0.4, -0.2) is 28.9 Å². The zero-order chi connectivity index (χ0) is 69.6. The smallest absolute Gasteiger partial charge is 0.193 e. The molecule has 492 valence electrons. The molecule has 14 aromatic carbocycles. The zero-order valence-corrected chi connectivity index (χ0v) is 54.3. The van der Waals surface area contributed by atoms with Crippen molar-refractivity contribution >= 4 is 28.9 Å². The Morgan fingerprint density at radius 2 is 0.206 bits per heavy atom. The summed E-state index contributed by atoms with van der Waals surface area (Å²) in [7, 11) is 0. The Kier molecular flexibility index (Phi) is 19.5. The fraction of sp³-hybridized carbons (Fsp3) is 0. The van der Waals surface area contributed by atoms with Crippen LogP contribution >= 0.6 is 0 Å². The number of hydrogen-bond donors (Lipinski definition) is 0. The molecule has 0 aliphatic heterocycles. The predicted octanol–water partition coefficient (Wildman–Crippen LogP) is 22.2. The molecule has 13 nitrogen and oxygen atoms in total. The lowest BCUT2D eigenvalue weighted by Crippen LogP contribution is -2.01. The second-order valence-corrected chi connectivity index (χ2v) is 23.3. The van der Waals surface area contributed by atoms with Crippen molar-refractivity contribution in [2.24, 2.45) is 0 Å². The Morgan fingerprint density at radius 1 is 0.118 bits per heavy atom. The molecule has 0 saturated carbocycles. The van der Waals surface area contributed by atoms with E-state index in [0.29, 0.717) is 148 Å². The maximum atomic E-state index is 13.5. The maximum absolute atomic E-state index is 13.5. The third-order valence-corrected chi connectivity index (χ3v) is 16.2. The number of ketones is 5. The standard InChI is InChI=1S/C89H58O13/c90-85(59-7-3-1-4-8-59)61-11-27-69(28-12-61)95-77-43-47-79(48-44-77)97-71-31-15-63(16-32-71)87(92)65-19-35-73(36-20-65)99-81-51-55-83(56-52-81)101-75-39-23-67(24-40-75)89(94)68-25-41-76(42-26-68)102-84-57-53-82(54-58-84)100-74-37-21-66(22-38-74)88(93)64-17-33-72(34-18-64)98-80-49-45-78(46-50-80)96-70-29-13-62(14-30-70)86(91)60-9-5-2-6-10-60/h1-58H. The molecule has 0 amide bonds. The van der Waals surface area contributed by atoms with Gasteiger partial charge in [-0.25, -0.2) is 0 Å². The topological polar surface area (TPSA) is 159 Å². The van der Waals surface area contributed by atoms with Crippen LogP contribution in [0.4, 0.5) is 0 Å². The number of ether oxygens (including phenoxy) is 8. The molecule has 0 aliphatic rings. The van der Waals surface area contributed by atoms with Crippen LogP contribution in [0.15, 0.2) is 352 Å². The molecule has 0 aliphatic carbocycles. The summed E-state index contributed by atoms with van der Waals surface area (Å²) in [6, 6.07) is 102. The Labute approximate surface area is 587 Å². The van der Waals surface area contributed by atoms with Gasteiger partial charge in [-0.2, -0.15) is 0 Å². The molecule has 0 bridgehead atoms. The van der Waals surface area contributed by atoms with Crippen molar-refractivity contribution in [3.8, 4) is 92.0 Å². The molecule has 0 unspecified atom stereocenters. The largest absolute Gasteiger partial charge is 0.457 e. The molecule has 0 saturated heterocycles. The third kappa shape index (κ3) is 16.4. The van der Waals surface area contributed by atoms with Gasteiger partial charge >= 0.3 is 0 Å². The Hall–Kier alpha value is -14.2. The summed E-state index contributed by atoms with van der Waals surface area (Å²) in [6.45, 7) is 0. The molecule has 14 rings (SSSR count). The van der Waals surface area contributed by atoms with Crippen molar-refractivity contribution in [1.82, 2.24) is 0 Å². The Morgan fingerprint density at radius 3 is 0.314 bits per heavy atom. The summed E-state index contributed by atoms with van der Waals surface area (Å²) in [5, 5.41) is 0. The van der Waals surface area contributed by atoms with Gasteiger partial charge in [0.15, 0.2) is 28.9 Å². The first-order valence-electron chi connectivity index (χ1n) is 32.5. The lowest BCUT2D eigenvalue weighted by molar-refractivity contribution is 0.103. The molecular weight excluding hydrogens is 1280 g/mol. The van der Waals surface area contributed by atoms with Crippen molar-refractivity contribution in [2.45, 2.75) is 0 Å². The van der Waals surface area contributed by atoms with Gasteiger partial charge < -0.3 is 37.9 Å². The number of benzene rings is 14. The summed E-state index contributed by atoms with van der Waals surface area (Å²) in [5.74, 6) is 8.59. The lowest BCUT2D eigenvalue weighted by atomic mass is 10.0. The van der Waals surface area contributed by atoms with Crippen molar-refractivity contribution in [2.75, 3.05) is 0 Å². The Bertz CT molecular complexity index is 4890. The van der Waals surface area contributed by atoms with Crippen molar-refractivity contribution in [3.05, 3.63) is 407 Å². The number of carbonyl (C=O) groups is 5. The maximum Gasteiger partial charge on any atom is 0.193 e. The van der Waals surface area contributed by atoms with Gasteiger partial charge in [-0.15, -0.1) is 0 Å². The van der Waals surface area contributed by atoms with Crippen LogP contribution in [0.2, 0.25) is 0 Å². The van der Waals surface area contributed by atoms with E-state index in [1.54, 1.807) is 315 Å². The molecule has 0 aromatic heterocycles. The van der Waals surface area contributed by atoms with Gasteiger partial charge in [0.25, 0.3) is 0 Å². The predicted molar refractivity (Wildman–Crippen MR) is 388 cm³/mol. The summed E-state index contributed by atoms with van der Waals surface area (Å²) in [4.78, 5) is 65.9. The first kappa shape index (κ1) is 65.1. The first-order chi connectivity index (χ1) is 50.0. The highest BCUT2D eigenvalue weighted by Gasteiger charge is 2.17. The van der Waals surface area contributed by atoms with E-state index in [1.165, 1.54) is 0 Å². The molecule has 0 spiro atoms. The molecule has 0 radical (unpaired) electrons. The summed E-state index contributed by atoms with van der Waals surface area (Å²) in [5.41, 5.74) is 5.38. The summed E-state index contributed by atoms with van der Waals surface area (Å²) < 4.78 is 48.4. The number of carbonyl (C=O) groups excluding carboxylic acids is 5. The van der Waals surface area contributed by atoms with Crippen molar-refractivity contribution in [1.29, 1.82) is 0 Å². The highest BCUT2D eigenvalue weighted by molar-refractivity contribution is 6.11. The Balaban J connectivity index is 0.489. The van der Waals surface area contributed by atoms with Crippen LogP contribution in [-0.2, 0) is 0 Å². The van der Waals surface area contributed by atoms with E-state index in [9.17, 15) is 24.0 Å². The minimum Gasteiger partial charge on any atom is -0.457 e. The van der Waals surface area contributed by atoms with Gasteiger partial charge in [-0.05, 0) is 291 Å². The van der Waals surface area contributed by atoms with Crippen LogP contribution in [0.25, 0.3) is 0 Å². The second kappa shape index (κ2) is 30.5. The number of hydrogen-bond acceptors (Lipinski definition) is 13. The fourth-order valence-corrected chi connectivity index (χ4v) is 10.8. The van der Waals surface area contributed by atoms with Gasteiger partial charge in [0.2, 0.25) is 0 Å². The minimum atomic E-state index is -0.162. The fourth-order valence-electron chi connectivity index (χ4n) is 10.8. The van der Waals surface area contributed by atoms with Gasteiger partial charge in [0.1, 0.15) is 92.0 Å². The van der Waals surface area contributed by atoms with E-state index >= 15 is 0 Å². The SMILES string of the molecule is O=C(c1ccccc1)c1ccc(Oc2ccc(Oc3ccc(C(=O)c4ccc(Oc5ccc(Oc6ccc(C(=O)c7ccc(Oc8ccc(Oc9ccc(C(=O)c%10ccc(Oc%11ccc(Oc%12ccc(C(=O)c%13ccccc%13)cc%12)cc%11)cc%10)cc9)cc8)cc7)cc6)cc5)cc4)cc3)cc2)cc1. The summed E-state index contributed by atoms with van der Waals surface area (Å²) >= 11 is 0. The lowest BCUT2D eigenvalue weighted by Gasteiger charge is -2.10. The zero-order valence-electron chi connectivity index (χ0n) is 54.3. The van der Waals surface area contributed by atoms with E-state index in [-0.39, 0.29) is 28.9 Å². The quantitative estimate of drug-likeness (QED) is 0.0472. The molecule has 0 atom stereocenters. The molecule has 14 aromatic rings. The monoisotopic (exact) mass is 1330 g/mol. The highest BCUT2D eigenvalue weighted by atomic mass is 16.5. The van der Waals surface area contributed by atoms with Crippen LogP contribution in [0.5, 0.6) is 92.0 Å². The average Bonchev–Trinajstić information content (AvgIpc) is 0.885. The van der Waals surface area contributed by atoms with Gasteiger partial charge in [-0.1, -0.05) is 60.7 Å². The van der Waals surface area contributed by atoms with E-state index in [2.05, 4.69) is 0 Å². The molecule has 0 N–H and O–H groups in total. The molecular formula is C89H58O13. The van der Waals surface area contributed by atoms with E-state index in [0.717, 1.165) is 0 Å². The van der Waals surface area contributed by atoms with Crippen molar-refractivity contribution in [3.63, 3.8) is 0 Å². The third-order valence-electron chi connectivity index (χ3n) is 16.2. The van der Waals surface area contributed by atoms with Crippen LogP contribution < -0.4 is 37.9 Å². The van der Waals surface area contributed by atoms with E-state index in [4.69, 9.17) is 37.9 Å². The normalized spacial score (nSPS) is 10.7. The molecule has 13 heteroatoms. The second-order valence-electron chi connectivity index (χ2n) is 23.3. The van der Waals surface area contributed by atoms with E-state index < -0.39 is 0 Å². The average molecular weight is 1340 g/mol. The van der Waals surface area contributed by atoms with Gasteiger partial charge in [-0.3, -0.25) is 24.0 Å². The van der Waals surface area contributed by atoms with Crippen LogP contribution in [0.1, 0.15) is 79.6 Å². The van der Waals surface area contributed by atoms with E-state index in [1.807, 2.05) is 36.4 Å².